The number of aliphatic hydroxyl groups excluding tert-OH is 1. The summed E-state index contributed by atoms with van der Waals surface area (Å²) in [4.78, 5) is 11.7. The van der Waals surface area contributed by atoms with Gasteiger partial charge in [-0.25, -0.2) is 0 Å². The van der Waals surface area contributed by atoms with E-state index in [1.807, 2.05) is 12.1 Å². The molecule has 2 atom stereocenters. The van der Waals surface area contributed by atoms with E-state index in [1.54, 1.807) is 19.1 Å². The first-order valence-corrected chi connectivity index (χ1v) is 6.69. The van der Waals surface area contributed by atoms with Gasteiger partial charge in [0.05, 0.1) is 12.7 Å². The summed E-state index contributed by atoms with van der Waals surface area (Å²) in [5.74, 6) is 0.335. The lowest BCUT2D eigenvalue weighted by Crippen LogP contribution is -2.41. The zero-order chi connectivity index (χ0) is 14.3. The highest BCUT2D eigenvalue weighted by Gasteiger charge is 2.15. The molecule has 1 rings (SSSR count). The van der Waals surface area contributed by atoms with Gasteiger partial charge in [0.2, 0.25) is 0 Å². The minimum absolute atomic E-state index is 0.140. The van der Waals surface area contributed by atoms with Crippen LogP contribution >= 0.6 is 15.9 Å². The molecule has 1 aromatic carbocycles. The Morgan fingerprint density at radius 2 is 2.05 bits per heavy atom. The van der Waals surface area contributed by atoms with E-state index in [-0.39, 0.29) is 19.1 Å². The number of carbonyl (C=O) groups is 1. The molecular weight excluding hydrogens is 314 g/mol. The standard InChI is InChI=1S/C13H18BrNO4/c1-9(13(17)15-7-11(16)8-18-2)19-12-5-3-10(14)4-6-12/h3-6,9,11,16H,7-8H2,1-2H3,(H,15,17). The summed E-state index contributed by atoms with van der Waals surface area (Å²) >= 11 is 3.32. The fourth-order valence-corrected chi connectivity index (χ4v) is 1.65. The Morgan fingerprint density at radius 3 is 2.63 bits per heavy atom. The average Bonchev–Trinajstić information content (AvgIpc) is 2.39. The molecule has 0 fully saturated rings. The van der Waals surface area contributed by atoms with Crippen molar-refractivity contribution >= 4 is 21.8 Å². The maximum atomic E-state index is 11.7. The van der Waals surface area contributed by atoms with Crippen LogP contribution in [-0.4, -0.2) is 43.5 Å². The topological polar surface area (TPSA) is 67.8 Å². The maximum Gasteiger partial charge on any atom is 0.260 e. The van der Waals surface area contributed by atoms with Crippen LogP contribution in [0.4, 0.5) is 0 Å². The second-order valence-corrected chi connectivity index (χ2v) is 4.98. The first-order chi connectivity index (χ1) is 9.02. The number of hydrogen-bond donors (Lipinski definition) is 2. The Morgan fingerprint density at radius 1 is 1.42 bits per heavy atom. The van der Waals surface area contributed by atoms with Crippen LogP contribution in [0.5, 0.6) is 5.75 Å². The van der Waals surface area contributed by atoms with Gasteiger partial charge < -0.3 is 19.9 Å². The number of nitrogens with one attached hydrogen (secondary N) is 1. The second kappa shape index (κ2) is 8.14. The third-order valence-electron chi connectivity index (χ3n) is 2.37. The summed E-state index contributed by atoms with van der Waals surface area (Å²) in [5.41, 5.74) is 0. The van der Waals surface area contributed by atoms with Crippen LogP contribution < -0.4 is 10.1 Å². The van der Waals surface area contributed by atoms with Crippen molar-refractivity contribution in [3.63, 3.8) is 0 Å². The van der Waals surface area contributed by atoms with Crippen LogP contribution in [0.15, 0.2) is 28.7 Å². The third-order valence-corrected chi connectivity index (χ3v) is 2.90. The van der Waals surface area contributed by atoms with E-state index in [2.05, 4.69) is 21.2 Å². The largest absolute Gasteiger partial charge is 0.481 e. The molecule has 1 amide bonds. The molecule has 0 heterocycles. The number of hydrogen-bond acceptors (Lipinski definition) is 4. The van der Waals surface area contributed by atoms with Crippen LogP contribution in [0, 0.1) is 0 Å². The van der Waals surface area contributed by atoms with Gasteiger partial charge in [0.15, 0.2) is 6.10 Å². The monoisotopic (exact) mass is 331 g/mol. The summed E-state index contributed by atoms with van der Waals surface area (Å²) < 4.78 is 11.2. The third kappa shape index (κ3) is 6.04. The zero-order valence-corrected chi connectivity index (χ0v) is 12.5. The normalized spacial score (nSPS) is 13.7. The Balaban J connectivity index is 2.38. The zero-order valence-electron chi connectivity index (χ0n) is 10.9. The summed E-state index contributed by atoms with van der Waals surface area (Å²) in [6.45, 7) is 1.98. The van der Waals surface area contributed by atoms with Gasteiger partial charge in [0.1, 0.15) is 5.75 Å². The van der Waals surface area contributed by atoms with Crippen LogP contribution in [0.3, 0.4) is 0 Å². The van der Waals surface area contributed by atoms with Crippen LogP contribution in [0.1, 0.15) is 6.92 Å². The highest BCUT2D eigenvalue weighted by molar-refractivity contribution is 9.10. The lowest BCUT2D eigenvalue weighted by atomic mass is 10.3. The van der Waals surface area contributed by atoms with Crippen LogP contribution in [0.2, 0.25) is 0 Å². The summed E-state index contributed by atoms with van der Waals surface area (Å²) in [5, 5.41) is 12.0. The number of ether oxygens (including phenoxy) is 2. The predicted octanol–water partition coefficient (Wildman–Crippen LogP) is 1.34. The molecule has 0 saturated heterocycles. The van der Waals surface area contributed by atoms with Gasteiger partial charge >= 0.3 is 0 Å². The molecule has 1 aromatic rings. The fourth-order valence-electron chi connectivity index (χ4n) is 1.38. The van der Waals surface area contributed by atoms with Crippen molar-refractivity contribution in [1.29, 1.82) is 0 Å². The van der Waals surface area contributed by atoms with Crippen molar-refractivity contribution in [2.75, 3.05) is 20.3 Å². The van der Waals surface area contributed by atoms with E-state index >= 15 is 0 Å². The van der Waals surface area contributed by atoms with Crippen molar-refractivity contribution in [3.8, 4) is 5.75 Å². The smallest absolute Gasteiger partial charge is 0.260 e. The van der Waals surface area contributed by atoms with Crippen LogP contribution in [-0.2, 0) is 9.53 Å². The van der Waals surface area contributed by atoms with Gasteiger partial charge in [-0.3, -0.25) is 4.79 Å². The number of amides is 1. The van der Waals surface area contributed by atoms with Gasteiger partial charge in [0.25, 0.3) is 5.91 Å². The summed E-state index contributed by atoms with van der Waals surface area (Å²) in [6.07, 6.45) is -1.34. The number of carbonyl (C=O) groups excluding carboxylic acids is 1. The molecule has 0 radical (unpaired) electrons. The molecule has 19 heavy (non-hydrogen) atoms. The Bertz CT molecular complexity index is 396. The average molecular weight is 332 g/mol. The van der Waals surface area contributed by atoms with Gasteiger partial charge in [-0.2, -0.15) is 0 Å². The van der Waals surface area contributed by atoms with E-state index in [4.69, 9.17) is 9.47 Å². The first-order valence-electron chi connectivity index (χ1n) is 5.90. The Labute approximate surface area is 121 Å². The summed E-state index contributed by atoms with van der Waals surface area (Å²) in [6, 6.07) is 7.21. The van der Waals surface area contributed by atoms with Gasteiger partial charge in [0, 0.05) is 18.1 Å². The highest BCUT2D eigenvalue weighted by Crippen LogP contribution is 2.17. The molecule has 0 aliphatic rings. The van der Waals surface area contributed by atoms with Gasteiger partial charge in [-0.05, 0) is 31.2 Å². The quantitative estimate of drug-likeness (QED) is 0.791. The molecule has 0 aliphatic heterocycles. The molecular formula is C13H18BrNO4. The van der Waals surface area contributed by atoms with E-state index in [0.29, 0.717) is 5.75 Å². The molecule has 2 N–H and O–H groups in total. The molecule has 0 spiro atoms. The number of halogens is 1. The Hall–Kier alpha value is -1.11. The fraction of sp³-hybridized carbons (Fsp3) is 0.462. The minimum Gasteiger partial charge on any atom is -0.481 e. The summed E-state index contributed by atoms with van der Waals surface area (Å²) in [7, 11) is 1.49. The second-order valence-electron chi connectivity index (χ2n) is 4.07. The first kappa shape index (κ1) is 15.9. The van der Waals surface area contributed by atoms with Crippen molar-refractivity contribution in [3.05, 3.63) is 28.7 Å². The Kier molecular flexibility index (Phi) is 6.83. The number of methoxy groups -OCH3 is 1. The SMILES string of the molecule is COCC(O)CNC(=O)C(C)Oc1ccc(Br)cc1. The van der Waals surface area contributed by atoms with Crippen molar-refractivity contribution in [1.82, 2.24) is 5.32 Å². The number of benzene rings is 1. The predicted molar refractivity (Wildman–Crippen MR) is 75.1 cm³/mol. The van der Waals surface area contributed by atoms with Gasteiger partial charge in [-0.1, -0.05) is 15.9 Å². The van der Waals surface area contributed by atoms with Gasteiger partial charge in [-0.15, -0.1) is 0 Å². The molecule has 0 bridgehead atoms. The molecule has 5 nitrogen and oxygen atoms in total. The van der Waals surface area contributed by atoms with E-state index in [1.165, 1.54) is 7.11 Å². The lowest BCUT2D eigenvalue weighted by Gasteiger charge is -2.16. The maximum absolute atomic E-state index is 11.7. The molecule has 0 aromatic heterocycles. The highest BCUT2D eigenvalue weighted by atomic mass is 79.9. The molecule has 0 aliphatic carbocycles. The molecule has 2 unspecified atom stereocenters. The van der Waals surface area contributed by atoms with E-state index < -0.39 is 12.2 Å². The van der Waals surface area contributed by atoms with E-state index in [9.17, 15) is 9.90 Å². The lowest BCUT2D eigenvalue weighted by molar-refractivity contribution is -0.127. The molecule has 0 saturated carbocycles. The van der Waals surface area contributed by atoms with Crippen LogP contribution in [0.25, 0.3) is 0 Å². The van der Waals surface area contributed by atoms with Crippen molar-refractivity contribution in [2.45, 2.75) is 19.1 Å². The van der Waals surface area contributed by atoms with Crippen molar-refractivity contribution < 1.29 is 19.4 Å². The number of rotatable bonds is 7. The number of aliphatic hydroxyl groups is 1. The van der Waals surface area contributed by atoms with E-state index in [0.717, 1.165) is 4.47 Å². The molecule has 106 valence electrons. The minimum atomic E-state index is -0.714. The van der Waals surface area contributed by atoms with Crippen molar-refractivity contribution in [2.24, 2.45) is 0 Å². The molecule has 6 heteroatoms.